The van der Waals surface area contributed by atoms with Gasteiger partial charge >= 0.3 is 0 Å². The fourth-order valence-electron chi connectivity index (χ4n) is 1.53. The number of carbonyl (C=O) groups excluding carboxylic acids is 1. The average molecular weight is 393 g/mol. The van der Waals surface area contributed by atoms with Gasteiger partial charge in [0.05, 0.1) is 5.56 Å². The molecule has 1 amide bonds. The van der Waals surface area contributed by atoms with E-state index in [1.807, 2.05) is 13.0 Å². The van der Waals surface area contributed by atoms with Gasteiger partial charge in [0.2, 0.25) is 0 Å². The van der Waals surface area contributed by atoms with Gasteiger partial charge in [0.1, 0.15) is 5.84 Å². The minimum atomic E-state index is -0.172. The molecule has 0 aromatic heterocycles. The van der Waals surface area contributed by atoms with Crippen LogP contribution in [0.4, 0.5) is 0 Å². The summed E-state index contributed by atoms with van der Waals surface area (Å²) in [4.78, 5) is 13.9. The Morgan fingerprint density at radius 1 is 1.53 bits per heavy atom. The molecule has 0 bridgehead atoms. The summed E-state index contributed by atoms with van der Waals surface area (Å²) in [5, 5.41) is 11.5. The van der Waals surface area contributed by atoms with Gasteiger partial charge in [0.25, 0.3) is 5.91 Å². The lowest BCUT2D eigenvalue weighted by Gasteiger charge is -2.25. The summed E-state index contributed by atoms with van der Waals surface area (Å²) in [6.07, 6.45) is 0.310. The predicted octanol–water partition coefficient (Wildman–Crippen LogP) is 2.81. The van der Waals surface area contributed by atoms with E-state index in [1.165, 1.54) is 0 Å². The first-order chi connectivity index (χ1) is 8.86. The van der Waals surface area contributed by atoms with Gasteiger partial charge in [0.15, 0.2) is 0 Å². The van der Waals surface area contributed by atoms with E-state index in [0.29, 0.717) is 12.0 Å². The highest BCUT2D eigenvalue weighted by Crippen LogP contribution is 2.23. The van der Waals surface area contributed by atoms with Crippen LogP contribution in [0.1, 0.15) is 23.7 Å². The molecule has 0 saturated carbocycles. The van der Waals surface area contributed by atoms with E-state index in [-0.39, 0.29) is 17.8 Å². The van der Waals surface area contributed by atoms with Gasteiger partial charge in [-0.1, -0.05) is 21.1 Å². The summed E-state index contributed by atoms with van der Waals surface area (Å²) in [6, 6.07) is 5.23. The van der Waals surface area contributed by atoms with E-state index >= 15 is 0 Å². The average Bonchev–Trinajstić information content (AvgIpc) is 2.39. The predicted molar refractivity (Wildman–Crippen MR) is 81.4 cm³/mol. The van der Waals surface area contributed by atoms with Crippen molar-refractivity contribution in [3.05, 3.63) is 32.7 Å². The number of hydrogen-bond donors (Lipinski definition) is 2. The Kier molecular flexibility index (Phi) is 5.81. The molecular weight excluding hydrogens is 378 g/mol. The Balaban J connectivity index is 2.90. The van der Waals surface area contributed by atoms with Gasteiger partial charge < -0.3 is 15.8 Å². The molecule has 3 N–H and O–H groups in total. The van der Waals surface area contributed by atoms with Gasteiger partial charge in [0, 0.05) is 28.5 Å². The number of benzene rings is 1. The van der Waals surface area contributed by atoms with Crippen LogP contribution in [0.15, 0.2) is 32.3 Å². The highest BCUT2D eigenvalue weighted by atomic mass is 79.9. The zero-order chi connectivity index (χ0) is 14.6. The molecule has 1 atom stereocenters. The Morgan fingerprint density at radius 2 is 2.16 bits per heavy atom. The second-order valence-corrected chi connectivity index (χ2v) is 5.95. The van der Waals surface area contributed by atoms with Gasteiger partial charge in [-0.3, -0.25) is 4.79 Å². The highest BCUT2D eigenvalue weighted by molar-refractivity contribution is 9.11. The zero-order valence-electron chi connectivity index (χ0n) is 10.6. The quantitative estimate of drug-likeness (QED) is 0.358. The molecule has 7 heteroatoms. The van der Waals surface area contributed by atoms with E-state index in [2.05, 4.69) is 37.0 Å². The molecule has 0 spiro atoms. The van der Waals surface area contributed by atoms with Gasteiger partial charge in [-0.25, -0.2) is 0 Å². The van der Waals surface area contributed by atoms with Crippen molar-refractivity contribution in [1.82, 2.24) is 4.90 Å². The van der Waals surface area contributed by atoms with Gasteiger partial charge in [-0.15, -0.1) is 0 Å². The van der Waals surface area contributed by atoms with Crippen molar-refractivity contribution in [1.29, 1.82) is 0 Å². The minimum absolute atomic E-state index is 0.0976. The largest absolute Gasteiger partial charge is 0.409 e. The van der Waals surface area contributed by atoms with E-state index in [4.69, 9.17) is 10.9 Å². The topological polar surface area (TPSA) is 78.9 Å². The molecule has 0 aliphatic carbocycles. The number of carbonyl (C=O) groups is 1. The molecule has 0 aliphatic rings. The van der Waals surface area contributed by atoms with E-state index < -0.39 is 0 Å². The lowest BCUT2D eigenvalue weighted by atomic mass is 10.1. The Labute approximate surface area is 128 Å². The summed E-state index contributed by atoms with van der Waals surface area (Å²) in [5.41, 5.74) is 6.01. The van der Waals surface area contributed by atoms with Crippen molar-refractivity contribution < 1.29 is 10.0 Å². The molecule has 1 unspecified atom stereocenters. The van der Waals surface area contributed by atoms with Crippen molar-refractivity contribution >= 4 is 43.6 Å². The minimum Gasteiger partial charge on any atom is -0.409 e. The Bertz CT molecular complexity index is 506. The first-order valence-corrected chi connectivity index (χ1v) is 7.14. The standard InChI is InChI=1S/C12H15Br2N3O2/c1-7(5-11(15)16-19)17(2)12(18)9-6-8(13)3-4-10(9)14/h3-4,6-7,19H,5H2,1-2H3,(H2,15,16). The molecule has 19 heavy (non-hydrogen) atoms. The van der Waals surface area contributed by atoms with E-state index in [9.17, 15) is 4.79 Å². The molecule has 104 valence electrons. The van der Waals surface area contributed by atoms with Crippen molar-refractivity contribution in [2.75, 3.05) is 7.05 Å². The van der Waals surface area contributed by atoms with Crippen molar-refractivity contribution in [2.45, 2.75) is 19.4 Å². The number of amides is 1. The third-order valence-corrected chi connectivity index (χ3v) is 3.96. The molecule has 1 aromatic carbocycles. The van der Waals surface area contributed by atoms with Crippen molar-refractivity contribution in [2.24, 2.45) is 10.9 Å². The molecule has 0 saturated heterocycles. The molecule has 0 radical (unpaired) electrons. The van der Waals surface area contributed by atoms with Crippen LogP contribution < -0.4 is 5.73 Å². The second kappa shape index (κ2) is 6.91. The number of amidine groups is 1. The van der Waals surface area contributed by atoms with Gasteiger partial charge in [-0.05, 0) is 41.1 Å². The van der Waals surface area contributed by atoms with E-state index in [1.54, 1.807) is 24.1 Å². The number of nitrogens with two attached hydrogens (primary N) is 1. The van der Waals surface area contributed by atoms with Crippen molar-refractivity contribution in [3.63, 3.8) is 0 Å². The van der Waals surface area contributed by atoms with Crippen LogP contribution in [-0.4, -0.2) is 34.9 Å². The number of halogens is 2. The lowest BCUT2D eigenvalue weighted by molar-refractivity contribution is 0.0746. The summed E-state index contributed by atoms with van der Waals surface area (Å²) >= 11 is 6.69. The van der Waals surface area contributed by atoms with Crippen LogP contribution >= 0.6 is 31.9 Å². The highest BCUT2D eigenvalue weighted by Gasteiger charge is 2.20. The first-order valence-electron chi connectivity index (χ1n) is 5.55. The zero-order valence-corrected chi connectivity index (χ0v) is 13.8. The number of hydrogen-bond acceptors (Lipinski definition) is 3. The summed E-state index contributed by atoms with van der Waals surface area (Å²) in [5.74, 6) is -0.0353. The fourth-order valence-corrected chi connectivity index (χ4v) is 2.31. The summed E-state index contributed by atoms with van der Waals surface area (Å²) in [7, 11) is 1.69. The van der Waals surface area contributed by atoms with Crippen LogP contribution in [0.5, 0.6) is 0 Å². The van der Waals surface area contributed by atoms with Crippen LogP contribution in [0.3, 0.4) is 0 Å². The van der Waals surface area contributed by atoms with Gasteiger partial charge in [-0.2, -0.15) is 0 Å². The van der Waals surface area contributed by atoms with Crippen LogP contribution in [0, 0.1) is 0 Å². The maximum Gasteiger partial charge on any atom is 0.255 e. The molecule has 1 aromatic rings. The number of nitrogens with zero attached hydrogens (tertiary/aromatic N) is 2. The first kappa shape index (κ1) is 16.0. The van der Waals surface area contributed by atoms with Crippen molar-refractivity contribution in [3.8, 4) is 0 Å². The summed E-state index contributed by atoms with van der Waals surface area (Å²) < 4.78 is 1.56. The maximum atomic E-state index is 12.4. The molecular formula is C12H15Br2N3O2. The number of oxime groups is 1. The second-order valence-electron chi connectivity index (χ2n) is 4.18. The lowest BCUT2D eigenvalue weighted by Crippen LogP contribution is -2.38. The van der Waals surface area contributed by atoms with Crippen LogP contribution in [0.25, 0.3) is 0 Å². The SMILES string of the molecule is CC(C/C(N)=N/O)N(C)C(=O)c1cc(Br)ccc1Br. The maximum absolute atomic E-state index is 12.4. The molecule has 1 rings (SSSR count). The third-order valence-electron chi connectivity index (χ3n) is 2.77. The van der Waals surface area contributed by atoms with Crippen LogP contribution in [0.2, 0.25) is 0 Å². The molecule has 0 aliphatic heterocycles. The smallest absolute Gasteiger partial charge is 0.255 e. The fraction of sp³-hybridized carbons (Fsp3) is 0.333. The summed E-state index contributed by atoms with van der Waals surface area (Å²) in [6.45, 7) is 1.84. The van der Waals surface area contributed by atoms with E-state index in [0.717, 1.165) is 8.95 Å². The number of rotatable bonds is 4. The molecule has 5 nitrogen and oxygen atoms in total. The molecule has 0 fully saturated rings. The Morgan fingerprint density at radius 3 is 2.74 bits per heavy atom. The monoisotopic (exact) mass is 391 g/mol. The van der Waals surface area contributed by atoms with Crippen LogP contribution in [-0.2, 0) is 0 Å². The normalized spacial score (nSPS) is 13.2. The molecule has 0 heterocycles. The third kappa shape index (κ3) is 4.21. The Hall–Kier alpha value is -1.08.